The molecule has 0 atom stereocenters. The molecule has 27 heavy (non-hydrogen) atoms. The Morgan fingerprint density at radius 2 is 1.89 bits per heavy atom. The molecule has 0 amide bonds. The molecule has 1 fully saturated rings. The van der Waals surface area contributed by atoms with Gasteiger partial charge in [-0.3, -0.25) is 0 Å². The van der Waals surface area contributed by atoms with Crippen molar-refractivity contribution in [1.29, 1.82) is 0 Å². The molecule has 1 aliphatic rings. The van der Waals surface area contributed by atoms with Crippen LogP contribution in [0.3, 0.4) is 0 Å². The summed E-state index contributed by atoms with van der Waals surface area (Å²) in [5.41, 5.74) is 1.17. The molecule has 0 bridgehead atoms. The molecule has 0 spiro atoms. The lowest BCUT2D eigenvalue weighted by molar-refractivity contribution is 0.400. The quantitative estimate of drug-likeness (QED) is 0.744. The predicted octanol–water partition coefficient (Wildman–Crippen LogP) is 3.44. The number of thiocarbonyl (C=S) groups is 1. The van der Waals surface area contributed by atoms with Gasteiger partial charge in [0.1, 0.15) is 5.82 Å². The van der Waals surface area contributed by atoms with Crippen LogP contribution in [0.25, 0.3) is 0 Å². The summed E-state index contributed by atoms with van der Waals surface area (Å²) in [6, 6.07) is 13.4. The van der Waals surface area contributed by atoms with Crippen LogP contribution in [0.5, 0.6) is 0 Å². The monoisotopic (exact) mass is 407 g/mol. The number of nitrogens with zero attached hydrogens (tertiary/aromatic N) is 2. The molecule has 1 N–H and O–H groups in total. The number of nitrogens with one attached hydrogen (secondary N) is 1. The lowest BCUT2D eigenvalue weighted by atomic mass is 10.2. The number of benzene rings is 2. The predicted molar refractivity (Wildman–Crippen MR) is 109 cm³/mol. The number of rotatable bonds is 6. The van der Waals surface area contributed by atoms with Crippen LogP contribution in [0.1, 0.15) is 18.4 Å². The minimum atomic E-state index is -3.53. The van der Waals surface area contributed by atoms with E-state index in [1.54, 1.807) is 42.5 Å². The van der Waals surface area contributed by atoms with Crippen LogP contribution in [-0.2, 0) is 16.6 Å². The van der Waals surface area contributed by atoms with Gasteiger partial charge in [-0.25, -0.2) is 17.1 Å². The van der Waals surface area contributed by atoms with Gasteiger partial charge in [-0.05, 0) is 49.3 Å². The Hall–Kier alpha value is -2.03. The highest BCUT2D eigenvalue weighted by Gasteiger charge is 2.31. The van der Waals surface area contributed by atoms with Gasteiger partial charge in [0.15, 0.2) is 5.11 Å². The molecule has 0 aromatic heterocycles. The Morgan fingerprint density at radius 3 is 2.52 bits per heavy atom. The fourth-order valence-corrected chi connectivity index (χ4v) is 3.98. The molecule has 5 nitrogen and oxygen atoms in total. The molecule has 1 aliphatic carbocycles. The summed E-state index contributed by atoms with van der Waals surface area (Å²) in [7, 11) is -0.548. The third kappa shape index (κ3) is 4.63. The zero-order valence-electron chi connectivity index (χ0n) is 15.2. The van der Waals surface area contributed by atoms with Crippen LogP contribution in [-0.4, -0.2) is 42.9 Å². The fourth-order valence-electron chi connectivity index (χ4n) is 2.70. The molecule has 0 unspecified atom stereocenters. The first-order valence-electron chi connectivity index (χ1n) is 8.62. The number of halogens is 1. The zero-order chi connectivity index (χ0) is 19.6. The summed E-state index contributed by atoms with van der Waals surface area (Å²) in [6.07, 6.45) is 2.01. The van der Waals surface area contributed by atoms with E-state index in [2.05, 4.69) is 5.32 Å². The second-order valence-corrected chi connectivity index (χ2v) is 9.23. The van der Waals surface area contributed by atoms with Gasteiger partial charge in [-0.2, -0.15) is 0 Å². The highest BCUT2D eigenvalue weighted by Crippen LogP contribution is 2.30. The largest absolute Gasteiger partial charge is 0.342 e. The van der Waals surface area contributed by atoms with Gasteiger partial charge in [-0.15, -0.1) is 0 Å². The van der Waals surface area contributed by atoms with Crippen LogP contribution < -0.4 is 5.32 Å². The topological polar surface area (TPSA) is 52.7 Å². The Morgan fingerprint density at radius 1 is 1.19 bits per heavy atom. The first-order chi connectivity index (χ1) is 12.8. The maximum Gasteiger partial charge on any atom is 0.242 e. The van der Waals surface area contributed by atoms with Crippen LogP contribution in [0.15, 0.2) is 53.4 Å². The van der Waals surface area contributed by atoms with Gasteiger partial charge in [0.25, 0.3) is 0 Å². The molecule has 1 saturated carbocycles. The molecular formula is C19H22FN3O2S2. The van der Waals surface area contributed by atoms with E-state index in [0.717, 1.165) is 12.8 Å². The van der Waals surface area contributed by atoms with E-state index < -0.39 is 10.0 Å². The molecule has 0 heterocycles. The van der Waals surface area contributed by atoms with Crippen molar-refractivity contribution in [2.75, 3.05) is 19.4 Å². The molecule has 0 radical (unpaired) electrons. The molecule has 0 aliphatic heterocycles. The maximum atomic E-state index is 14.0. The summed E-state index contributed by atoms with van der Waals surface area (Å²) in [6.45, 7) is 0.374. The summed E-state index contributed by atoms with van der Waals surface area (Å²) in [5, 5.41) is 3.56. The van der Waals surface area contributed by atoms with Gasteiger partial charge in [0.2, 0.25) is 10.0 Å². The summed E-state index contributed by atoms with van der Waals surface area (Å²) in [5.74, 6) is -0.259. The van der Waals surface area contributed by atoms with Crippen molar-refractivity contribution >= 4 is 33.0 Å². The van der Waals surface area contributed by atoms with E-state index >= 15 is 0 Å². The molecule has 144 valence electrons. The molecule has 8 heteroatoms. The van der Waals surface area contributed by atoms with Gasteiger partial charge in [0, 0.05) is 37.9 Å². The fraction of sp³-hybridized carbons (Fsp3) is 0.316. The van der Waals surface area contributed by atoms with Crippen molar-refractivity contribution in [2.24, 2.45) is 0 Å². The van der Waals surface area contributed by atoms with E-state index in [-0.39, 0.29) is 16.8 Å². The molecule has 2 aromatic carbocycles. The van der Waals surface area contributed by atoms with E-state index in [0.29, 0.717) is 22.9 Å². The third-order valence-electron chi connectivity index (χ3n) is 4.41. The second kappa shape index (κ2) is 7.92. The Kier molecular flexibility index (Phi) is 5.78. The highest BCUT2D eigenvalue weighted by molar-refractivity contribution is 7.89. The number of anilines is 1. The van der Waals surface area contributed by atoms with Gasteiger partial charge >= 0.3 is 0 Å². The van der Waals surface area contributed by atoms with E-state index in [4.69, 9.17) is 12.2 Å². The van der Waals surface area contributed by atoms with Gasteiger partial charge < -0.3 is 10.2 Å². The van der Waals surface area contributed by atoms with Crippen LogP contribution in [0.2, 0.25) is 0 Å². The normalized spacial score (nSPS) is 14.2. The molecule has 2 aromatic rings. The number of hydrogen-bond donors (Lipinski definition) is 1. The van der Waals surface area contributed by atoms with Crippen molar-refractivity contribution in [2.45, 2.75) is 30.3 Å². The minimum absolute atomic E-state index is 0.187. The number of sulfonamides is 1. The second-order valence-electron chi connectivity index (χ2n) is 6.70. The first kappa shape index (κ1) is 19.7. The standard InChI is InChI=1S/C19H22FN3O2S2/c1-22(2)27(24,25)17-8-5-7-15(12-17)21-19(26)23(16-10-11-16)13-14-6-3-4-9-18(14)20/h3-9,12,16H,10-11,13H2,1-2H3,(H,21,26). The van der Waals surface area contributed by atoms with Crippen molar-refractivity contribution in [1.82, 2.24) is 9.21 Å². The summed E-state index contributed by atoms with van der Waals surface area (Å²) >= 11 is 5.54. The smallest absolute Gasteiger partial charge is 0.242 e. The van der Waals surface area contributed by atoms with E-state index in [1.807, 2.05) is 4.90 Å². The SMILES string of the molecule is CN(C)S(=O)(=O)c1cccc(NC(=S)N(Cc2ccccc2F)C2CC2)c1. The summed E-state index contributed by atoms with van der Waals surface area (Å²) in [4.78, 5) is 2.15. The third-order valence-corrected chi connectivity index (χ3v) is 6.56. The van der Waals surface area contributed by atoms with Crippen molar-refractivity contribution < 1.29 is 12.8 Å². The van der Waals surface area contributed by atoms with Crippen molar-refractivity contribution in [3.8, 4) is 0 Å². The minimum Gasteiger partial charge on any atom is -0.342 e. The van der Waals surface area contributed by atoms with Crippen molar-refractivity contribution in [3.05, 3.63) is 59.9 Å². The van der Waals surface area contributed by atoms with Gasteiger partial charge in [0.05, 0.1) is 4.90 Å². The lowest BCUT2D eigenvalue weighted by Crippen LogP contribution is -2.36. The molecule has 3 rings (SSSR count). The van der Waals surface area contributed by atoms with Gasteiger partial charge in [-0.1, -0.05) is 24.3 Å². The van der Waals surface area contributed by atoms with Crippen molar-refractivity contribution in [3.63, 3.8) is 0 Å². The average molecular weight is 408 g/mol. The van der Waals surface area contributed by atoms with Crippen LogP contribution in [0, 0.1) is 5.82 Å². The summed E-state index contributed by atoms with van der Waals surface area (Å²) < 4.78 is 39.8. The Bertz CT molecular complexity index is 943. The lowest BCUT2D eigenvalue weighted by Gasteiger charge is -2.26. The maximum absolute atomic E-state index is 14.0. The Labute approximate surface area is 164 Å². The number of hydrogen-bond acceptors (Lipinski definition) is 3. The average Bonchev–Trinajstić information content (AvgIpc) is 3.46. The highest BCUT2D eigenvalue weighted by atomic mass is 32.2. The molecular weight excluding hydrogens is 385 g/mol. The van der Waals surface area contributed by atoms with Crippen LogP contribution >= 0.6 is 12.2 Å². The van der Waals surface area contributed by atoms with E-state index in [9.17, 15) is 12.8 Å². The first-order valence-corrected chi connectivity index (χ1v) is 10.5. The Balaban J connectivity index is 1.78. The zero-order valence-corrected chi connectivity index (χ0v) is 16.9. The molecule has 0 saturated heterocycles. The van der Waals surface area contributed by atoms with E-state index in [1.165, 1.54) is 24.5 Å². The van der Waals surface area contributed by atoms with Crippen LogP contribution in [0.4, 0.5) is 10.1 Å².